The molecule has 112 valence electrons. The minimum Gasteiger partial charge on any atom is -0.396 e. The zero-order chi connectivity index (χ0) is 14.8. The highest BCUT2D eigenvalue weighted by Gasteiger charge is 2.29. The fraction of sp³-hybridized carbons (Fsp3) is 0.600. The fourth-order valence-electron chi connectivity index (χ4n) is 2.73. The van der Waals surface area contributed by atoms with Gasteiger partial charge in [-0.1, -0.05) is 18.9 Å². The monoisotopic (exact) mass is 297 g/mol. The number of aliphatic hydroxyl groups excluding tert-OH is 1. The van der Waals surface area contributed by atoms with E-state index in [1.165, 1.54) is 0 Å². The number of aryl methyl sites for hydroxylation is 2. The molecule has 0 radical (unpaired) electrons. The molecule has 2 atom stereocenters. The number of hydrogen-bond acceptors (Lipinski definition) is 3. The molecule has 1 aromatic carbocycles. The van der Waals surface area contributed by atoms with Gasteiger partial charge in [-0.25, -0.2) is 13.1 Å². The van der Waals surface area contributed by atoms with Crippen LogP contribution in [0.5, 0.6) is 0 Å². The van der Waals surface area contributed by atoms with Gasteiger partial charge in [0.05, 0.1) is 4.90 Å². The molecule has 2 N–H and O–H groups in total. The molecule has 0 heterocycles. The van der Waals surface area contributed by atoms with Gasteiger partial charge in [-0.3, -0.25) is 0 Å². The number of benzene rings is 1. The van der Waals surface area contributed by atoms with E-state index in [9.17, 15) is 13.5 Å². The fourth-order valence-corrected chi connectivity index (χ4v) is 4.15. The maximum absolute atomic E-state index is 12.4. The van der Waals surface area contributed by atoms with Crippen LogP contribution < -0.4 is 4.72 Å². The Morgan fingerprint density at radius 2 is 1.90 bits per heavy atom. The molecule has 1 aromatic rings. The lowest BCUT2D eigenvalue weighted by atomic mass is 9.86. The molecular weight excluding hydrogens is 274 g/mol. The lowest BCUT2D eigenvalue weighted by molar-refractivity contribution is 0.164. The Hall–Kier alpha value is -0.910. The quantitative estimate of drug-likeness (QED) is 0.894. The lowest BCUT2D eigenvalue weighted by Crippen LogP contribution is -2.43. The van der Waals surface area contributed by atoms with Crippen molar-refractivity contribution in [3.05, 3.63) is 29.3 Å². The predicted octanol–water partition coefficient (Wildman–Crippen LogP) is 2.13. The maximum Gasteiger partial charge on any atom is 0.240 e. The summed E-state index contributed by atoms with van der Waals surface area (Å²) in [6, 6.07) is 5.02. The molecule has 1 fully saturated rings. The van der Waals surface area contributed by atoms with Gasteiger partial charge >= 0.3 is 0 Å². The van der Waals surface area contributed by atoms with E-state index < -0.39 is 10.0 Å². The van der Waals surface area contributed by atoms with Gasteiger partial charge < -0.3 is 5.11 Å². The third-order valence-electron chi connectivity index (χ3n) is 4.24. The Bertz CT molecular complexity index is 568. The van der Waals surface area contributed by atoms with E-state index in [1.54, 1.807) is 12.1 Å². The molecule has 5 heteroatoms. The Balaban J connectivity index is 2.19. The third kappa shape index (κ3) is 3.40. The van der Waals surface area contributed by atoms with Gasteiger partial charge in [-0.15, -0.1) is 0 Å². The minimum atomic E-state index is -3.50. The van der Waals surface area contributed by atoms with Gasteiger partial charge in [0.25, 0.3) is 0 Å². The minimum absolute atomic E-state index is 0.0325. The van der Waals surface area contributed by atoms with Crippen molar-refractivity contribution >= 4 is 10.0 Å². The molecule has 1 aliphatic carbocycles. The van der Waals surface area contributed by atoms with E-state index in [1.807, 2.05) is 19.9 Å². The van der Waals surface area contributed by atoms with Crippen molar-refractivity contribution in [1.82, 2.24) is 4.72 Å². The molecule has 0 aliphatic heterocycles. The largest absolute Gasteiger partial charge is 0.396 e. The second-order valence-electron chi connectivity index (χ2n) is 5.70. The molecule has 2 rings (SSSR count). The number of nitrogens with one attached hydrogen (secondary N) is 1. The molecule has 0 spiro atoms. The summed E-state index contributed by atoms with van der Waals surface area (Å²) in [5.74, 6) is 0.0325. The van der Waals surface area contributed by atoms with E-state index in [-0.39, 0.29) is 18.6 Å². The number of hydrogen-bond donors (Lipinski definition) is 2. The van der Waals surface area contributed by atoms with Crippen LogP contribution in [0.1, 0.15) is 36.8 Å². The van der Waals surface area contributed by atoms with Gasteiger partial charge in [0.15, 0.2) is 0 Å². The third-order valence-corrected chi connectivity index (χ3v) is 5.73. The summed E-state index contributed by atoms with van der Waals surface area (Å²) in [5, 5.41) is 9.37. The van der Waals surface area contributed by atoms with Crippen molar-refractivity contribution in [3.63, 3.8) is 0 Å². The highest BCUT2D eigenvalue weighted by Crippen LogP contribution is 2.25. The van der Waals surface area contributed by atoms with Crippen LogP contribution in [0.3, 0.4) is 0 Å². The molecule has 0 amide bonds. The second kappa shape index (κ2) is 6.24. The first-order chi connectivity index (χ1) is 9.44. The summed E-state index contributed by atoms with van der Waals surface area (Å²) in [7, 11) is -3.50. The van der Waals surface area contributed by atoms with Crippen molar-refractivity contribution in [2.45, 2.75) is 50.5 Å². The second-order valence-corrected chi connectivity index (χ2v) is 7.41. The van der Waals surface area contributed by atoms with Crippen LogP contribution in [0, 0.1) is 19.8 Å². The van der Waals surface area contributed by atoms with Gasteiger partial charge in [-0.2, -0.15) is 0 Å². The standard InChI is InChI=1S/C15H23NO3S/c1-11-7-8-14(9-12(11)2)20(18,19)16-15-6-4-3-5-13(15)10-17/h7-9,13,15-17H,3-6,10H2,1-2H3/t13-,15-/m1/s1. The number of aliphatic hydroxyl groups is 1. The first-order valence-corrected chi connectivity index (χ1v) is 8.63. The number of sulfonamides is 1. The van der Waals surface area contributed by atoms with Crippen molar-refractivity contribution in [2.75, 3.05) is 6.61 Å². The summed E-state index contributed by atoms with van der Waals surface area (Å²) in [6.45, 7) is 3.91. The predicted molar refractivity (Wildman–Crippen MR) is 79.1 cm³/mol. The average molecular weight is 297 g/mol. The summed E-state index contributed by atoms with van der Waals surface area (Å²) in [4.78, 5) is 0.308. The smallest absolute Gasteiger partial charge is 0.240 e. The molecule has 0 aromatic heterocycles. The van der Waals surface area contributed by atoms with Gasteiger partial charge in [-0.05, 0) is 55.9 Å². The topological polar surface area (TPSA) is 66.4 Å². The molecule has 0 saturated heterocycles. The van der Waals surface area contributed by atoms with Gasteiger partial charge in [0.1, 0.15) is 0 Å². The van der Waals surface area contributed by atoms with Crippen molar-refractivity contribution < 1.29 is 13.5 Å². The summed E-state index contributed by atoms with van der Waals surface area (Å²) in [6.07, 6.45) is 3.76. The van der Waals surface area contributed by atoms with Crippen molar-refractivity contribution in [2.24, 2.45) is 5.92 Å². The highest BCUT2D eigenvalue weighted by atomic mass is 32.2. The van der Waals surface area contributed by atoms with Crippen LogP contribution in [-0.4, -0.2) is 26.2 Å². The van der Waals surface area contributed by atoms with E-state index in [0.29, 0.717) is 4.90 Å². The summed E-state index contributed by atoms with van der Waals surface area (Å²) < 4.78 is 27.6. The zero-order valence-electron chi connectivity index (χ0n) is 12.1. The Kier molecular flexibility index (Phi) is 4.83. The average Bonchev–Trinajstić information content (AvgIpc) is 2.42. The van der Waals surface area contributed by atoms with Crippen LogP contribution in [0.15, 0.2) is 23.1 Å². The van der Waals surface area contributed by atoms with E-state index >= 15 is 0 Å². The van der Waals surface area contributed by atoms with E-state index in [0.717, 1.165) is 36.8 Å². The van der Waals surface area contributed by atoms with Crippen LogP contribution in [-0.2, 0) is 10.0 Å². The molecule has 4 nitrogen and oxygen atoms in total. The summed E-state index contributed by atoms with van der Waals surface area (Å²) in [5.41, 5.74) is 2.05. The molecule has 0 unspecified atom stereocenters. The number of rotatable bonds is 4. The molecule has 1 saturated carbocycles. The van der Waals surface area contributed by atoms with Gasteiger partial charge in [0, 0.05) is 12.6 Å². The van der Waals surface area contributed by atoms with Crippen molar-refractivity contribution in [3.8, 4) is 0 Å². The Morgan fingerprint density at radius 1 is 1.20 bits per heavy atom. The molecular formula is C15H23NO3S. The zero-order valence-corrected chi connectivity index (χ0v) is 12.9. The van der Waals surface area contributed by atoms with Crippen LogP contribution in [0.25, 0.3) is 0 Å². The molecule has 20 heavy (non-hydrogen) atoms. The first-order valence-electron chi connectivity index (χ1n) is 7.14. The Morgan fingerprint density at radius 3 is 2.55 bits per heavy atom. The normalized spacial score (nSPS) is 23.8. The van der Waals surface area contributed by atoms with Gasteiger partial charge in [0.2, 0.25) is 10.0 Å². The van der Waals surface area contributed by atoms with Crippen LogP contribution >= 0.6 is 0 Å². The van der Waals surface area contributed by atoms with E-state index in [4.69, 9.17) is 0 Å². The first kappa shape index (κ1) is 15.5. The molecule has 1 aliphatic rings. The Labute approximate surface area is 121 Å². The van der Waals surface area contributed by atoms with E-state index in [2.05, 4.69) is 4.72 Å². The summed E-state index contributed by atoms with van der Waals surface area (Å²) >= 11 is 0. The van der Waals surface area contributed by atoms with Crippen LogP contribution in [0.4, 0.5) is 0 Å². The van der Waals surface area contributed by atoms with Crippen molar-refractivity contribution in [1.29, 1.82) is 0 Å². The van der Waals surface area contributed by atoms with Crippen LogP contribution in [0.2, 0.25) is 0 Å². The lowest BCUT2D eigenvalue weighted by Gasteiger charge is -2.30. The molecule has 0 bridgehead atoms. The maximum atomic E-state index is 12.4. The SMILES string of the molecule is Cc1ccc(S(=O)(=O)N[C@@H]2CCCC[C@@H]2CO)cc1C. The highest BCUT2D eigenvalue weighted by molar-refractivity contribution is 7.89.